The van der Waals surface area contributed by atoms with Crippen molar-refractivity contribution in [1.82, 2.24) is 0 Å². The standard InChI is InChI=1S/C15H10BrF6N2O4P.2Na/c16-9-1-2-11(12(6-9)29(26,27)28)24-13(25)23-10-4-7(14(17,18)19)3-8(5-10)15(20,21)22;;/h1-6H,(H2,23,24,25)(H2,26,27,28);;. The summed E-state index contributed by atoms with van der Waals surface area (Å²) in [6.45, 7) is 0. The zero-order valence-electron chi connectivity index (χ0n) is 15.8. The molecule has 0 aliphatic heterocycles. The van der Waals surface area contributed by atoms with Crippen molar-refractivity contribution in [1.29, 1.82) is 0 Å². The number of hydrogen-bond donors (Lipinski definition) is 4. The summed E-state index contributed by atoms with van der Waals surface area (Å²) in [7, 11) is -4.85. The summed E-state index contributed by atoms with van der Waals surface area (Å²) < 4.78 is 88.9. The SMILES string of the molecule is O=C(Nc1cc(C(F)(F)F)cc(C(F)(F)F)c1)Nc1ccc(Br)cc1P(=O)(O)O.[Na].[Na]. The molecule has 160 valence electrons. The van der Waals surface area contributed by atoms with Crippen LogP contribution in [0.15, 0.2) is 40.9 Å². The Kier molecular flexibility index (Phi) is 11.3. The van der Waals surface area contributed by atoms with Crippen LogP contribution in [0.3, 0.4) is 0 Å². The third kappa shape index (κ3) is 9.00. The fourth-order valence-electron chi connectivity index (χ4n) is 2.16. The average Bonchev–Trinajstić information content (AvgIpc) is 2.53. The summed E-state index contributed by atoms with van der Waals surface area (Å²) in [5, 5.41) is 3.17. The number of carbonyl (C=O) groups is 1. The topological polar surface area (TPSA) is 98.7 Å². The average molecular weight is 553 g/mol. The van der Waals surface area contributed by atoms with Crippen molar-refractivity contribution < 1.29 is 45.5 Å². The fourth-order valence-corrected chi connectivity index (χ4v) is 3.45. The van der Waals surface area contributed by atoms with Gasteiger partial charge in [-0.1, -0.05) is 15.9 Å². The second kappa shape index (κ2) is 11.4. The zero-order valence-corrected chi connectivity index (χ0v) is 22.2. The van der Waals surface area contributed by atoms with E-state index in [-0.39, 0.29) is 75.3 Å². The smallest absolute Gasteiger partial charge is 0.321 e. The normalized spacial score (nSPS) is 11.8. The number of alkyl halides is 6. The van der Waals surface area contributed by atoms with Crippen LogP contribution in [-0.4, -0.2) is 74.9 Å². The minimum atomic E-state index is -5.10. The number of carbonyl (C=O) groups excluding carboxylic acids is 1. The Morgan fingerprint density at radius 2 is 1.35 bits per heavy atom. The molecule has 6 nitrogen and oxygen atoms in total. The Morgan fingerprint density at radius 1 is 0.871 bits per heavy atom. The summed E-state index contributed by atoms with van der Waals surface area (Å²) >= 11 is 2.98. The van der Waals surface area contributed by atoms with Gasteiger partial charge in [0, 0.05) is 69.3 Å². The van der Waals surface area contributed by atoms with Crippen LogP contribution in [-0.2, 0) is 16.9 Å². The Bertz CT molecular complexity index is 968. The van der Waals surface area contributed by atoms with Crippen LogP contribution in [0.5, 0.6) is 0 Å². The molecule has 0 spiro atoms. The van der Waals surface area contributed by atoms with E-state index in [2.05, 4.69) is 15.9 Å². The van der Waals surface area contributed by atoms with Gasteiger partial charge in [-0.15, -0.1) is 0 Å². The third-order valence-corrected chi connectivity index (χ3v) is 4.86. The van der Waals surface area contributed by atoms with Crippen molar-refractivity contribution in [3.8, 4) is 0 Å². The van der Waals surface area contributed by atoms with Gasteiger partial charge in [-0.2, -0.15) is 26.3 Å². The van der Waals surface area contributed by atoms with Gasteiger partial charge in [-0.25, -0.2) is 4.79 Å². The van der Waals surface area contributed by atoms with E-state index in [1.54, 1.807) is 5.32 Å². The van der Waals surface area contributed by atoms with Crippen molar-refractivity contribution >= 4 is 105 Å². The summed E-state index contributed by atoms with van der Waals surface area (Å²) in [5.74, 6) is 0. The molecule has 2 aromatic rings. The third-order valence-electron chi connectivity index (χ3n) is 3.37. The number of urea groups is 1. The summed E-state index contributed by atoms with van der Waals surface area (Å²) in [6, 6.07) is 2.56. The minimum Gasteiger partial charge on any atom is -0.321 e. The molecule has 0 aliphatic carbocycles. The van der Waals surface area contributed by atoms with Crippen LogP contribution in [0.2, 0.25) is 0 Å². The van der Waals surface area contributed by atoms with E-state index in [1.165, 1.54) is 6.07 Å². The Hall–Kier alpha value is -0.0800. The number of amides is 2. The van der Waals surface area contributed by atoms with Gasteiger partial charge in [0.1, 0.15) is 0 Å². The summed E-state index contributed by atoms with van der Waals surface area (Å²) in [5.41, 5.74) is -4.48. The first-order valence-electron chi connectivity index (χ1n) is 7.30. The Morgan fingerprint density at radius 3 is 1.77 bits per heavy atom. The van der Waals surface area contributed by atoms with Crippen molar-refractivity contribution in [3.63, 3.8) is 0 Å². The monoisotopic (exact) mass is 552 g/mol. The Labute approximate surface area is 224 Å². The maximum Gasteiger partial charge on any atom is 0.416 e. The van der Waals surface area contributed by atoms with Gasteiger partial charge in [0.2, 0.25) is 0 Å². The van der Waals surface area contributed by atoms with Gasteiger partial charge < -0.3 is 20.4 Å². The van der Waals surface area contributed by atoms with E-state index in [9.17, 15) is 45.5 Å². The molecule has 0 unspecified atom stereocenters. The van der Waals surface area contributed by atoms with Crippen molar-refractivity contribution in [2.45, 2.75) is 12.4 Å². The Balaban J connectivity index is 0.00000450. The van der Waals surface area contributed by atoms with E-state index in [0.29, 0.717) is 12.1 Å². The molecule has 2 rings (SSSR count). The molecule has 0 aromatic heterocycles. The number of nitrogens with one attached hydrogen (secondary N) is 2. The van der Waals surface area contributed by atoms with E-state index in [1.807, 2.05) is 5.32 Å². The molecule has 2 aromatic carbocycles. The number of halogens is 7. The first-order chi connectivity index (χ1) is 13.1. The largest absolute Gasteiger partial charge is 0.416 e. The molecular weight excluding hydrogens is 543 g/mol. The quantitative estimate of drug-likeness (QED) is 0.261. The summed E-state index contributed by atoms with van der Waals surface area (Å²) in [6.07, 6.45) is -10.2. The molecule has 0 atom stereocenters. The maximum absolute atomic E-state index is 12.9. The minimum absolute atomic E-state index is 0. The van der Waals surface area contributed by atoms with Gasteiger partial charge in [0.05, 0.1) is 22.1 Å². The van der Waals surface area contributed by atoms with Crippen LogP contribution in [0, 0.1) is 0 Å². The first kappa shape index (κ1) is 30.9. The molecule has 0 saturated heterocycles. The van der Waals surface area contributed by atoms with E-state index in [0.717, 1.165) is 12.1 Å². The van der Waals surface area contributed by atoms with Crippen molar-refractivity contribution in [3.05, 3.63) is 52.0 Å². The van der Waals surface area contributed by atoms with Gasteiger partial charge in [-0.3, -0.25) is 4.57 Å². The molecule has 2 radical (unpaired) electrons. The van der Waals surface area contributed by atoms with E-state index >= 15 is 0 Å². The molecule has 0 heterocycles. The number of rotatable bonds is 3. The molecule has 31 heavy (non-hydrogen) atoms. The molecule has 2 amide bonds. The summed E-state index contributed by atoms with van der Waals surface area (Å²) in [4.78, 5) is 30.7. The second-order valence-electron chi connectivity index (χ2n) is 5.58. The zero-order chi connectivity index (χ0) is 22.2. The van der Waals surface area contributed by atoms with Gasteiger partial charge in [0.25, 0.3) is 0 Å². The van der Waals surface area contributed by atoms with Crippen LogP contribution in [0.4, 0.5) is 42.5 Å². The molecule has 0 bridgehead atoms. The van der Waals surface area contributed by atoms with Crippen LogP contribution >= 0.6 is 23.5 Å². The van der Waals surface area contributed by atoms with Gasteiger partial charge in [-0.05, 0) is 36.4 Å². The van der Waals surface area contributed by atoms with Crippen molar-refractivity contribution in [2.75, 3.05) is 10.6 Å². The predicted octanol–water partition coefficient (Wildman–Crippen LogP) is 4.17. The van der Waals surface area contributed by atoms with E-state index in [4.69, 9.17) is 0 Å². The molecule has 0 aliphatic rings. The number of benzene rings is 2. The maximum atomic E-state index is 12.9. The van der Waals surface area contributed by atoms with Crippen LogP contribution < -0.4 is 15.9 Å². The number of hydrogen-bond acceptors (Lipinski definition) is 2. The van der Waals surface area contributed by atoms with Crippen LogP contribution in [0.1, 0.15) is 11.1 Å². The molecule has 0 fully saturated rings. The van der Waals surface area contributed by atoms with Crippen LogP contribution in [0.25, 0.3) is 0 Å². The molecular formula is C15H10BrF6N2Na2O4P. The molecule has 16 heteroatoms. The number of anilines is 2. The van der Waals surface area contributed by atoms with Gasteiger partial charge >= 0.3 is 26.0 Å². The second-order valence-corrected chi connectivity index (χ2v) is 8.06. The van der Waals surface area contributed by atoms with Gasteiger partial charge in [0.15, 0.2) is 0 Å². The predicted molar refractivity (Wildman–Crippen MR) is 106 cm³/mol. The first-order valence-corrected chi connectivity index (χ1v) is 9.71. The van der Waals surface area contributed by atoms with Crippen molar-refractivity contribution in [2.24, 2.45) is 0 Å². The molecule has 0 saturated carbocycles. The fraction of sp³-hybridized carbons (Fsp3) is 0.133. The van der Waals surface area contributed by atoms with E-state index < -0.39 is 48.1 Å². The molecule has 4 N–H and O–H groups in total.